The Labute approximate surface area is 106 Å². The van der Waals surface area contributed by atoms with Crippen LogP contribution >= 0.6 is 0 Å². The van der Waals surface area contributed by atoms with Gasteiger partial charge in [-0.25, -0.2) is 4.99 Å². The van der Waals surface area contributed by atoms with Gasteiger partial charge in [-0.3, -0.25) is 0 Å². The second-order valence-electron chi connectivity index (χ2n) is 4.91. The summed E-state index contributed by atoms with van der Waals surface area (Å²) >= 11 is 0. The first-order valence-electron chi connectivity index (χ1n) is 6.48. The van der Waals surface area contributed by atoms with Gasteiger partial charge in [-0.1, -0.05) is 11.6 Å². The molecule has 96 valence electrons. The number of nitrogens with one attached hydrogen (secondary N) is 1. The molecule has 17 heavy (non-hydrogen) atoms. The highest BCUT2D eigenvalue weighted by Crippen LogP contribution is 2.01. The van der Waals surface area contributed by atoms with Gasteiger partial charge in [0.2, 0.25) is 0 Å². The minimum absolute atomic E-state index is 0.433. The summed E-state index contributed by atoms with van der Waals surface area (Å²) in [4.78, 5) is 8.18. The summed E-state index contributed by atoms with van der Waals surface area (Å²) in [6.45, 7) is 11.0. The summed E-state index contributed by atoms with van der Waals surface area (Å²) in [5.74, 6) is 1.10. The van der Waals surface area contributed by atoms with Crippen molar-refractivity contribution in [3.63, 3.8) is 0 Å². The maximum Gasteiger partial charge on any atom is 0.185 e. The molecule has 2 unspecified atom stereocenters. The molecule has 1 rings (SSSR count). The van der Waals surface area contributed by atoms with E-state index >= 15 is 0 Å². The number of amidine groups is 1. The van der Waals surface area contributed by atoms with Crippen LogP contribution in [0.5, 0.6) is 0 Å². The normalized spacial score (nSPS) is 21.1. The molecule has 0 aromatic rings. The third kappa shape index (κ3) is 4.00. The molecule has 1 aliphatic rings. The molecule has 3 heteroatoms. The van der Waals surface area contributed by atoms with Gasteiger partial charge in [0, 0.05) is 25.7 Å². The van der Waals surface area contributed by atoms with Crippen molar-refractivity contribution < 1.29 is 4.90 Å². The summed E-state index contributed by atoms with van der Waals surface area (Å²) in [6.07, 6.45) is 8.05. The number of rotatable bonds is 5. The van der Waals surface area contributed by atoms with E-state index in [0.29, 0.717) is 6.17 Å². The van der Waals surface area contributed by atoms with Crippen LogP contribution < -0.4 is 4.90 Å². The van der Waals surface area contributed by atoms with Gasteiger partial charge in [-0.15, -0.1) is 0 Å². The highest BCUT2D eigenvalue weighted by molar-refractivity contribution is 5.81. The van der Waals surface area contributed by atoms with E-state index in [9.17, 15) is 0 Å². The number of hydrogen-bond donors (Lipinski definition) is 1. The Morgan fingerprint density at radius 1 is 1.53 bits per heavy atom. The van der Waals surface area contributed by atoms with Crippen molar-refractivity contribution in [2.45, 2.75) is 40.3 Å². The zero-order valence-electron chi connectivity index (χ0n) is 11.8. The molecule has 0 aromatic heterocycles. The van der Waals surface area contributed by atoms with E-state index in [1.54, 1.807) is 4.90 Å². The zero-order valence-corrected chi connectivity index (χ0v) is 11.8. The van der Waals surface area contributed by atoms with E-state index in [1.165, 1.54) is 12.1 Å². The Morgan fingerprint density at radius 2 is 2.24 bits per heavy atom. The molecule has 0 fully saturated rings. The number of allylic oxidation sites excluding steroid dienone is 1. The van der Waals surface area contributed by atoms with Crippen LogP contribution in [0.3, 0.4) is 0 Å². The van der Waals surface area contributed by atoms with Crippen LogP contribution in [-0.2, 0) is 0 Å². The molecule has 0 aromatic carbocycles. The fourth-order valence-corrected chi connectivity index (χ4v) is 2.14. The molecule has 0 saturated heterocycles. The van der Waals surface area contributed by atoms with E-state index in [2.05, 4.69) is 56.8 Å². The lowest BCUT2D eigenvalue weighted by atomic mass is 10.2. The van der Waals surface area contributed by atoms with Gasteiger partial charge in [0.05, 0.1) is 13.1 Å². The SMILES string of the molecule is CC[NH+](CCC=C(C)C)C1C=CN=C(C)N1C. The van der Waals surface area contributed by atoms with Crippen molar-refractivity contribution in [2.24, 2.45) is 4.99 Å². The Balaban J connectivity index is 2.59. The largest absolute Gasteiger partial charge is 0.312 e. The Bertz CT molecular complexity index is 324. The fourth-order valence-electron chi connectivity index (χ4n) is 2.14. The van der Waals surface area contributed by atoms with E-state index in [0.717, 1.165) is 18.8 Å². The van der Waals surface area contributed by atoms with Gasteiger partial charge in [0.1, 0.15) is 5.84 Å². The quantitative estimate of drug-likeness (QED) is 0.716. The molecule has 0 radical (unpaired) electrons. The maximum atomic E-state index is 4.32. The summed E-state index contributed by atoms with van der Waals surface area (Å²) in [5.41, 5.74) is 1.41. The number of aliphatic imine (C=N–C) groups is 1. The lowest BCUT2D eigenvalue weighted by Gasteiger charge is -2.34. The molecule has 1 N–H and O–H groups in total. The molecular formula is C14H26N3+. The molecule has 0 bridgehead atoms. The van der Waals surface area contributed by atoms with E-state index in [1.807, 2.05) is 6.20 Å². The van der Waals surface area contributed by atoms with Crippen LogP contribution in [0.15, 0.2) is 28.9 Å². The molecule has 3 nitrogen and oxygen atoms in total. The molecule has 0 spiro atoms. The highest BCUT2D eigenvalue weighted by Gasteiger charge is 2.24. The highest BCUT2D eigenvalue weighted by atomic mass is 15.4. The van der Waals surface area contributed by atoms with Gasteiger partial charge in [-0.2, -0.15) is 0 Å². The predicted octanol–water partition coefficient (Wildman–Crippen LogP) is 1.45. The van der Waals surface area contributed by atoms with Crippen molar-refractivity contribution in [2.75, 3.05) is 20.1 Å². The van der Waals surface area contributed by atoms with Crippen LogP contribution in [0.25, 0.3) is 0 Å². The molecule has 2 atom stereocenters. The van der Waals surface area contributed by atoms with E-state index in [-0.39, 0.29) is 0 Å². The van der Waals surface area contributed by atoms with Gasteiger partial charge in [-0.05, 0) is 27.7 Å². The lowest BCUT2D eigenvalue weighted by molar-refractivity contribution is -0.926. The number of likely N-dealkylation sites (N-methyl/N-ethyl adjacent to an activating group) is 2. The van der Waals surface area contributed by atoms with Crippen LogP contribution in [0.4, 0.5) is 0 Å². The summed E-state index contributed by atoms with van der Waals surface area (Å²) in [7, 11) is 2.13. The minimum Gasteiger partial charge on any atom is -0.312 e. The zero-order chi connectivity index (χ0) is 12.8. The Hall–Kier alpha value is -1.09. The third-order valence-corrected chi connectivity index (χ3v) is 3.35. The molecule has 1 heterocycles. The standard InChI is InChI=1S/C14H25N3/c1-6-17(11-7-8-12(2)3)14-9-10-15-13(4)16(14)5/h8-10,14H,6-7,11H2,1-5H3/p+1. The van der Waals surface area contributed by atoms with Crippen LogP contribution in [0.2, 0.25) is 0 Å². The van der Waals surface area contributed by atoms with Crippen LogP contribution in [0.1, 0.15) is 34.1 Å². The van der Waals surface area contributed by atoms with Gasteiger partial charge >= 0.3 is 0 Å². The summed E-state index contributed by atoms with van der Waals surface area (Å²) < 4.78 is 0. The molecule has 0 saturated carbocycles. The molecule has 0 aliphatic carbocycles. The van der Waals surface area contributed by atoms with Crippen LogP contribution in [-0.4, -0.2) is 37.0 Å². The third-order valence-electron chi connectivity index (χ3n) is 3.35. The lowest BCUT2D eigenvalue weighted by Crippen LogP contribution is -3.17. The molecule has 0 amide bonds. The average Bonchev–Trinajstić information content (AvgIpc) is 2.28. The van der Waals surface area contributed by atoms with Gasteiger partial charge in [0.25, 0.3) is 0 Å². The van der Waals surface area contributed by atoms with Crippen molar-refractivity contribution >= 4 is 5.84 Å². The van der Waals surface area contributed by atoms with Crippen molar-refractivity contribution in [1.82, 2.24) is 4.90 Å². The van der Waals surface area contributed by atoms with Gasteiger partial charge in [0.15, 0.2) is 6.17 Å². The second-order valence-corrected chi connectivity index (χ2v) is 4.91. The van der Waals surface area contributed by atoms with Crippen molar-refractivity contribution in [3.8, 4) is 0 Å². The first-order valence-corrected chi connectivity index (χ1v) is 6.48. The predicted molar refractivity (Wildman–Crippen MR) is 74.2 cm³/mol. The average molecular weight is 236 g/mol. The van der Waals surface area contributed by atoms with Gasteiger partial charge < -0.3 is 9.80 Å². The second kappa shape index (κ2) is 6.60. The first-order chi connectivity index (χ1) is 8.06. The number of nitrogens with zero attached hydrogens (tertiary/aromatic N) is 2. The first kappa shape index (κ1) is 14.0. The fraction of sp³-hybridized carbons (Fsp3) is 0.643. The Kier molecular flexibility index (Phi) is 5.42. The number of quaternary nitrogens is 1. The number of hydrogen-bond acceptors (Lipinski definition) is 2. The summed E-state index contributed by atoms with van der Waals surface area (Å²) in [6, 6.07) is 0. The minimum atomic E-state index is 0.433. The van der Waals surface area contributed by atoms with Crippen molar-refractivity contribution in [1.29, 1.82) is 0 Å². The summed E-state index contributed by atoms with van der Waals surface area (Å²) in [5, 5.41) is 0. The maximum absolute atomic E-state index is 4.32. The molecular weight excluding hydrogens is 210 g/mol. The molecule has 1 aliphatic heterocycles. The Morgan fingerprint density at radius 3 is 2.82 bits per heavy atom. The van der Waals surface area contributed by atoms with E-state index < -0.39 is 0 Å². The smallest absolute Gasteiger partial charge is 0.185 e. The van der Waals surface area contributed by atoms with Crippen molar-refractivity contribution in [3.05, 3.63) is 23.9 Å². The van der Waals surface area contributed by atoms with Crippen LogP contribution in [0, 0.1) is 0 Å². The monoisotopic (exact) mass is 236 g/mol. The topological polar surface area (TPSA) is 20.0 Å². The van der Waals surface area contributed by atoms with E-state index in [4.69, 9.17) is 0 Å².